The van der Waals surface area contributed by atoms with Crippen molar-refractivity contribution in [3.63, 3.8) is 0 Å². The fourth-order valence-electron chi connectivity index (χ4n) is 3.81. The van der Waals surface area contributed by atoms with Gasteiger partial charge in [-0.25, -0.2) is 21.9 Å². The third kappa shape index (κ3) is 8.84. The maximum Gasteiger partial charge on any atom is 0.310 e. The van der Waals surface area contributed by atoms with Gasteiger partial charge in [0.05, 0.1) is 18.4 Å². The Morgan fingerprint density at radius 1 is 1.10 bits per heavy atom. The number of nitrogens with two attached hydrogens (primary N) is 1. The number of aryl methyl sites for hydroxylation is 1. The molecule has 0 fully saturated rings. The number of oxazole rings is 1. The van der Waals surface area contributed by atoms with Crippen LogP contribution in [-0.4, -0.2) is 55.3 Å². The molecule has 0 aliphatic rings. The Kier molecular flexibility index (Phi) is 9.72. The summed E-state index contributed by atoms with van der Waals surface area (Å²) in [7, 11) is -3.86. The monoisotopic (exact) mass is 565 g/mol. The second-order valence-electron chi connectivity index (χ2n) is 8.87. The van der Waals surface area contributed by atoms with Crippen molar-refractivity contribution in [1.29, 1.82) is 0 Å². The summed E-state index contributed by atoms with van der Waals surface area (Å²) in [5.74, 6) is -4.65. The molecule has 0 bridgehead atoms. The number of hydrogen-bond donors (Lipinski definition) is 5. The molecule has 0 unspecified atom stereocenters. The predicted molar refractivity (Wildman–Crippen MR) is 138 cm³/mol. The Bertz CT molecular complexity index is 1430. The number of aliphatic hydroxyl groups is 1. The van der Waals surface area contributed by atoms with E-state index in [1.807, 2.05) is 35.9 Å². The van der Waals surface area contributed by atoms with Crippen LogP contribution in [-0.2, 0) is 29.4 Å². The molecule has 14 heteroatoms. The largest absolute Gasteiger partial charge is 0.417 e. The van der Waals surface area contributed by atoms with E-state index in [1.54, 1.807) is 0 Å². The van der Waals surface area contributed by atoms with E-state index in [1.165, 1.54) is 0 Å². The first-order valence-corrected chi connectivity index (χ1v) is 13.7. The summed E-state index contributed by atoms with van der Waals surface area (Å²) in [6, 6.07) is 8.81. The smallest absolute Gasteiger partial charge is 0.310 e. The van der Waals surface area contributed by atoms with Crippen molar-refractivity contribution in [2.24, 2.45) is 5.73 Å². The van der Waals surface area contributed by atoms with Crippen molar-refractivity contribution in [1.82, 2.24) is 15.6 Å². The number of halogens is 2. The van der Waals surface area contributed by atoms with E-state index in [4.69, 9.17) is 10.2 Å². The summed E-state index contributed by atoms with van der Waals surface area (Å²) in [6.45, 7) is 2.40. The zero-order valence-corrected chi connectivity index (χ0v) is 22.0. The van der Waals surface area contributed by atoms with Gasteiger partial charge in [-0.2, -0.15) is 4.98 Å². The SMILES string of the molecule is CCc1cccc(CNC[C@@H](O)[C@H](Cc2cc(F)cc(F)c2)NC(=O)c2nc(NS(C)(=O)=O)oc2C(N)=O)c1. The number of benzene rings is 2. The fraction of sp³-hybridized carbons (Fsp3) is 0.320. The van der Waals surface area contributed by atoms with Crippen LogP contribution in [0.2, 0.25) is 0 Å². The molecule has 3 rings (SSSR count). The van der Waals surface area contributed by atoms with E-state index >= 15 is 0 Å². The molecule has 3 aromatic rings. The minimum absolute atomic E-state index is 0.0263. The molecule has 2 aromatic carbocycles. The van der Waals surface area contributed by atoms with E-state index in [9.17, 15) is 31.9 Å². The molecule has 2 atom stereocenters. The average molecular weight is 566 g/mol. The highest BCUT2D eigenvalue weighted by Gasteiger charge is 2.29. The summed E-state index contributed by atoms with van der Waals surface area (Å²) in [5.41, 5.74) is 6.85. The molecule has 1 heterocycles. The molecule has 0 spiro atoms. The van der Waals surface area contributed by atoms with Crippen molar-refractivity contribution in [3.8, 4) is 0 Å². The number of sulfonamides is 1. The van der Waals surface area contributed by atoms with Crippen molar-refractivity contribution < 1.29 is 36.3 Å². The first-order valence-electron chi connectivity index (χ1n) is 11.9. The van der Waals surface area contributed by atoms with Crippen LogP contribution in [0.15, 0.2) is 46.9 Å². The topological polar surface area (TPSA) is 177 Å². The standard InChI is InChI=1S/C25H29F2N5O6S/c1-3-14-5-4-6-15(7-14)12-29-13-20(33)19(10-16-8-17(26)11-18(27)9-16)30-24(35)21-22(23(28)34)38-25(31-21)32-39(2,36)37/h4-9,11,19-20,29,33H,3,10,12-13H2,1-2H3,(H2,28,34)(H,30,35)(H,31,32)/t19-,20+/m0/s1. The van der Waals surface area contributed by atoms with Gasteiger partial charge in [-0.3, -0.25) is 9.59 Å². The highest BCUT2D eigenvalue weighted by molar-refractivity contribution is 7.91. The lowest BCUT2D eigenvalue weighted by molar-refractivity contribution is 0.0817. The Labute approximate surface area is 223 Å². The van der Waals surface area contributed by atoms with Gasteiger partial charge in [0.15, 0.2) is 5.69 Å². The number of carbonyl (C=O) groups excluding carboxylic acids is 2. The lowest BCUT2D eigenvalue weighted by atomic mass is 10.00. The third-order valence-corrected chi connectivity index (χ3v) is 6.13. The molecule has 0 aliphatic carbocycles. The van der Waals surface area contributed by atoms with Gasteiger partial charge in [0.2, 0.25) is 15.8 Å². The van der Waals surface area contributed by atoms with Crippen LogP contribution >= 0.6 is 0 Å². The van der Waals surface area contributed by atoms with Crippen molar-refractivity contribution in [3.05, 3.63) is 82.2 Å². The molecule has 1 aromatic heterocycles. The molecule has 0 saturated heterocycles. The van der Waals surface area contributed by atoms with E-state index < -0.39 is 63.1 Å². The van der Waals surface area contributed by atoms with Gasteiger partial charge in [-0.1, -0.05) is 31.2 Å². The maximum absolute atomic E-state index is 13.8. The molecule has 0 saturated carbocycles. The summed E-state index contributed by atoms with van der Waals surface area (Å²) >= 11 is 0. The third-order valence-electron chi connectivity index (χ3n) is 5.58. The molecule has 2 amide bonds. The van der Waals surface area contributed by atoms with Crippen molar-refractivity contribution >= 4 is 27.9 Å². The van der Waals surface area contributed by atoms with Gasteiger partial charge < -0.3 is 25.9 Å². The molecule has 0 aliphatic heterocycles. The van der Waals surface area contributed by atoms with Gasteiger partial charge >= 0.3 is 6.01 Å². The highest BCUT2D eigenvalue weighted by atomic mass is 32.2. The minimum atomic E-state index is -3.86. The number of rotatable bonds is 13. The molecule has 210 valence electrons. The fourth-order valence-corrected chi connectivity index (χ4v) is 4.22. The average Bonchev–Trinajstić information content (AvgIpc) is 3.25. The molecule has 0 radical (unpaired) electrons. The van der Waals surface area contributed by atoms with Gasteiger partial charge in [-0.15, -0.1) is 0 Å². The lowest BCUT2D eigenvalue weighted by Gasteiger charge is -2.24. The van der Waals surface area contributed by atoms with Crippen LogP contribution in [0.5, 0.6) is 0 Å². The number of amides is 2. The Balaban J connectivity index is 1.81. The lowest BCUT2D eigenvalue weighted by Crippen LogP contribution is -2.49. The van der Waals surface area contributed by atoms with E-state index in [-0.39, 0.29) is 18.5 Å². The number of aliphatic hydroxyl groups excluding tert-OH is 1. The van der Waals surface area contributed by atoms with Gasteiger partial charge in [0.1, 0.15) is 11.6 Å². The van der Waals surface area contributed by atoms with Gasteiger partial charge in [-0.05, 0) is 41.7 Å². The summed E-state index contributed by atoms with van der Waals surface area (Å²) in [6.07, 6.45) is 0.182. The molecule has 11 nitrogen and oxygen atoms in total. The normalized spacial score (nSPS) is 13.1. The van der Waals surface area contributed by atoms with Gasteiger partial charge in [0.25, 0.3) is 11.8 Å². The van der Waals surface area contributed by atoms with E-state index in [0.717, 1.165) is 35.9 Å². The first kappa shape index (κ1) is 29.7. The number of carbonyl (C=O) groups is 2. The van der Waals surface area contributed by atoms with Crippen LogP contribution in [0, 0.1) is 11.6 Å². The zero-order valence-electron chi connectivity index (χ0n) is 21.2. The van der Waals surface area contributed by atoms with Crippen LogP contribution in [0.25, 0.3) is 0 Å². The Hall–Kier alpha value is -3.88. The molecular weight excluding hydrogens is 536 g/mol. The second kappa shape index (κ2) is 12.8. The van der Waals surface area contributed by atoms with Crippen LogP contribution in [0.4, 0.5) is 14.8 Å². The molecule has 6 N–H and O–H groups in total. The molecular formula is C25H29F2N5O6S. The first-order chi connectivity index (χ1) is 18.3. The van der Waals surface area contributed by atoms with Gasteiger partial charge in [0, 0.05) is 19.2 Å². The second-order valence-corrected chi connectivity index (χ2v) is 10.6. The van der Waals surface area contributed by atoms with Crippen molar-refractivity contribution in [2.75, 3.05) is 17.5 Å². The Morgan fingerprint density at radius 3 is 2.38 bits per heavy atom. The zero-order chi connectivity index (χ0) is 28.7. The van der Waals surface area contributed by atoms with E-state index in [2.05, 4.69) is 15.6 Å². The van der Waals surface area contributed by atoms with Crippen molar-refractivity contribution in [2.45, 2.75) is 38.5 Å². The predicted octanol–water partition coefficient (Wildman–Crippen LogP) is 1.48. The number of anilines is 1. The number of nitrogens with one attached hydrogen (secondary N) is 3. The Morgan fingerprint density at radius 2 is 1.77 bits per heavy atom. The molecule has 39 heavy (non-hydrogen) atoms. The maximum atomic E-state index is 13.8. The quantitative estimate of drug-likeness (QED) is 0.207. The van der Waals surface area contributed by atoms with Crippen LogP contribution < -0.4 is 21.1 Å². The number of primary amides is 1. The summed E-state index contributed by atoms with van der Waals surface area (Å²) in [5, 5.41) is 16.5. The van der Waals surface area contributed by atoms with E-state index in [0.29, 0.717) is 12.6 Å². The van der Waals surface area contributed by atoms with Crippen LogP contribution in [0.3, 0.4) is 0 Å². The number of aromatic nitrogens is 1. The number of hydrogen-bond acceptors (Lipinski definition) is 8. The number of nitrogens with zero attached hydrogens (tertiary/aromatic N) is 1. The summed E-state index contributed by atoms with van der Waals surface area (Å²) in [4.78, 5) is 28.6. The summed E-state index contributed by atoms with van der Waals surface area (Å²) < 4.78 is 57.5. The minimum Gasteiger partial charge on any atom is -0.417 e. The highest BCUT2D eigenvalue weighted by Crippen LogP contribution is 2.18. The van der Waals surface area contributed by atoms with Crippen LogP contribution in [0.1, 0.15) is 44.7 Å².